The van der Waals surface area contributed by atoms with Gasteiger partial charge in [-0.05, 0) is 25.6 Å². The molecular formula is C13H19NO3. The van der Waals surface area contributed by atoms with Gasteiger partial charge < -0.3 is 14.8 Å². The highest BCUT2D eigenvalue weighted by Gasteiger charge is 2.17. The number of benzene rings is 1. The predicted molar refractivity (Wildman–Crippen MR) is 67.2 cm³/mol. The number of likely N-dealkylation sites (N-methyl/N-ethyl adjacent to an activating group) is 1. The number of hydrogen-bond donors (Lipinski definition) is 1. The third-order valence-electron chi connectivity index (χ3n) is 2.63. The summed E-state index contributed by atoms with van der Waals surface area (Å²) in [5.74, 6) is 1.39. The molecule has 0 unspecified atom stereocenters. The second-order valence-corrected chi connectivity index (χ2v) is 3.63. The quantitative estimate of drug-likeness (QED) is 0.764. The number of nitrogens with one attached hydrogen (secondary N) is 1. The van der Waals surface area contributed by atoms with E-state index in [4.69, 9.17) is 9.47 Å². The maximum absolute atomic E-state index is 11.9. The standard InChI is InChI=1S/C13H19NO3/c1-5-9-12(16-3)7-6-10(13(9)17-4)11(15)8-14-2/h6-7,14H,5,8H2,1-4H3. The monoisotopic (exact) mass is 237 g/mol. The molecule has 0 spiro atoms. The first-order valence-electron chi connectivity index (χ1n) is 5.61. The molecule has 1 N–H and O–H groups in total. The van der Waals surface area contributed by atoms with Crippen LogP contribution in [0.5, 0.6) is 11.5 Å². The zero-order valence-electron chi connectivity index (χ0n) is 10.8. The van der Waals surface area contributed by atoms with Gasteiger partial charge in [0.05, 0.1) is 26.3 Å². The number of hydrogen-bond acceptors (Lipinski definition) is 4. The van der Waals surface area contributed by atoms with Crippen molar-refractivity contribution >= 4 is 5.78 Å². The fourth-order valence-electron chi connectivity index (χ4n) is 1.84. The van der Waals surface area contributed by atoms with Gasteiger partial charge in [-0.2, -0.15) is 0 Å². The van der Waals surface area contributed by atoms with Crippen molar-refractivity contribution in [3.05, 3.63) is 23.3 Å². The van der Waals surface area contributed by atoms with Gasteiger partial charge >= 0.3 is 0 Å². The van der Waals surface area contributed by atoms with E-state index in [0.717, 1.165) is 17.7 Å². The zero-order valence-corrected chi connectivity index (χ0v) is 10.8. The normalized spacial score (nSPS) is 10.1. The second kappa shape index (κ2) is 6.25. The molecule has 1 aromatic carbocycles. The van der Waals surface area contributed by atoms with Crippen molar-refractivity contribution in [2.24, 2.45) is 0 Å². The van der Waals surface area contributed by atoms with Crippen LogP contribution in [0.15, 0.2) is 12.1 Å². The van der Waals surface area contributed by atoms with E-state index in [-0.39, 0.29) is 5.78 Å². The molecule has 1 rings (SSSR count). The summed E-state index contributed by atoms with van der Waals surface area (Å²) in [6, 6.07) is 3.56. The molecule has 0 aliphatic carbocycles. The average Bonchev–Trinajstić information content (AvgIpc) is 2.36. The first-order valence-corrected chi connectivity index (χ1v) is 5.61. The largest absolute Gasteiger partial charge is 0.496 e. The Balaban J connectivity index is 3.27. The van der Waals surface area contributed by atoms with Gasteiger partial charge in [0.25, 0.3) is 0 Å². The van der Waals surface area contributed by atoms with Crippen LogP contribution in [0.4, 0.5) is 0 Å². The van der Waals surface area contributed by atoms with Crippen molar-refractivity contribution in [3.8, 4) is 11.5 Å². The maximum atomic E-state index is 11.9. The molecule has 0 atom stereocenters. The Bertz CT molecular complexity index is 402. The van der Waals surface area contributed by atoms with Crippen LogP contribution in [-0.2, 0) is 6.42 Å². The van der Waals surface area contributed by atoms with Crippen LogP contribution in [0.1, 0.15) is 22.8 Å². The second-order valence-electron chi connectivity index (χ2n) is 3.63. The van der Waals surface area contributed by atoms with Gasteiger partial charge in [-0.3, -0.25) is 4.79 Å². The van der Waals surface area contributed by atoms with Crippen LogP contribution in [0.25, 0.3) is 0 Å². The van der Waals surface area contributed by atoms with E-state index in [1.165, 1.54) is 0 Å². The minimum atomic E-state index is 0.0155. The highest BCUT2D eigenvalue weighted by molar-refractivity contribution is 6.00. The van der Waals surface area contributed by atoms with Gasteiger partial charge in [0, 0.05) is 5.56 Å². The van der Waals surface area contributed by atoms with Crippen LogP contribution in [0, 0.1) is 0 Å². The summed E-state index contributed by atoms with van der Waals surface area (Å²) in [4.78, 5) is 11.9. The fraction of sp³-hybridized carbons (Fsp3) is 0.462. The molecule has 0 aliphatic rings. The van der Waals surface area contributed by atoms with Crippen LogP contribution in [-0.4, -0.2) is 33.6 Å². The average molecular weight is 237 g/mol. The molecule has 0 aromatic heterocycles. The van der Waals surface area contributed by atoms with Crippen molar-refractivity contribution in [3.63, 3.8) is 0 Å². The minimum Gasteiger partial charge on any atom is -0.496 e. The molecule has 0 radical (unpaired) electrons. The number of ether oxygens (including phenoxy) is 2. The molecule has 0 fully saturated rings. The third-order valence-corrected chi connectivity index (χ3v) is 2.63. The Hall–Kier alpha value is -1.55. The minimum absolute atomic E-state index is 0.0155. The lowest BCUT2D eigenvalue weighted by atomic mass is 10.0. The van der Waals surface area contributed by atoms with E-state index in [1.54, 1.807) is 27.3 Å². The summed E-state index contributed by atoms with van der Waals surface area (Å²) < 4.78 is 10.6. The summed E-state index contributed by atoms with van der Waals surface area (Å²) in [6.45, 7) is 2.30. The zero-order chi connectivity index (χ0) is 12.8. The van der Waals surface area contributed by atoms with E-state index in [2.05, 4.69) is 5.32 Å². The number of Topliss-reactive ketones (excluding diaryl/α,β-unsaturated/α-hetero) is 1. The van der Waals surface area contributed by atoms with Crippen LogP contribution in [0.3, 0.4) is 0 Å². The summed E-state index contributed by atoms with van der Waals surface area (Å²) in [5, 5.41) is 2.85. The van der Waals surface area contributed by atoms with Gasteiger partial charge in [0.1, 0.15) is 11.5 Å². The Morgan fingerprint density at radius 1 is 1.29 bits per heavy atom. The molecule has 0 saturated carbocycles. The first kappa shape index (κ1) is 13.5. The molecule has 0 amide bonds. The highest BCUT2D eigenvalue weighted by Crippen LogP contribution is 2.32. The Kier molecular flexibility index (Phi) is 4.97. The predicted octanol–water partition coefficient (Wildman–Crippen LogP) is 1.67. The number of methoxy groups -OCH3 is 2. The lowest BCUT2D eigenvalue weighted by molar-refractivity contribution is 0.0990. The molecule has 0 bridgehead atoms. The SMILES string of the molecule is CCc1c(OC)ccc(C(=O)CNC)c1OC. The van der Waals surface area contributed by atoms with Crippen molar-refractivity contribution in [1.82, 2.24) is 5.32 Å². The Labute approximate surface area is 102 Å². The molecule has 17 heavy (non-hydrogen) atoms. The van der Waals surface area contributed by atoms with Gasteiger partial charge in [0.15, 0.2) is 5.78 Å². The topological polar surface area (TPSA) is 47.6 Å². The summed E-state index contributed by atoms with van der Waals surface area (Å²) in [7, 11) is 4.93. The molecule has 0 saturated heterocycles. The number of carbonyl (C=O) groups is 1. The Morgan fingerprint density at radius 2 is 2.00 bits per heavy atom. The number of carbonyl (C=O) groups excluding carboxylic acids is 1. The van der Waals surface area contributed by atoms with Gasteiger partial charge in [-0.25, -0.2) is 0 Å². The van der Waals surface area contributed by atoms with Crippen LogP contribution < -0.4 is 14.8 Å². The molecule has 94 valence electrons. The highest BCUT2D eigenvalue weighted by atomic mass is 16.5. The number of rotatable bonds is 6. The lowest BCUT2D eigenvalue weighted by Gasteiger charge is -2.15. The van der Waals surface area contributed by atoms with Crippen molar-refractivity contribution in [2.75, 3.05) is 27.8 Å². The lowest BCUT2D eigenvalue weighted by Crippen LogP contribution is -2.19. The van der Waals surface area contributed by atoms with Gasteiger partial charge in [-0.1, -0.05) is 6.92 Å². The molecule has 4 nitrogen and oxygen atoms in total. The van der Waals surface area contributed by atoms with Crippen LogP contribution in [0.2, 0.25) is 0 Å². The van der Waals surface area contributed by atoms with Crippen molar-refractivity contribution < 1.29 is 14.3 Å². The molecular weight excluding hydrogens is 218 g/mol. The molecule has 0 aliphatic heterocycles. The molecule has 1 aromatic rings. The van der Waals surface area contributed by atoms with E-state index >= 15 is 0 Å². The summed E-state index contributed by atoms with van der Waals surface area (Å²) in [6.07, 6.45) is 0.757. The fourth-order valence-corrected chi connectivity index (χ4v) is 1.84. The molecule has 0 heterocycles. The summed E-state index contributed by atoms with van der Waals surface area (Å²) in [5.41, 5.74) is 1.52. The summed E-state index contributed by atoms with van der Waals surface area (Å²) >= 11 is 0. The van der Waals surface area contributed by atoms with Crippen molar-refractivity contribution in [1.29, 1.82) is 0 Å². The Morgan fingerprint density at radius 3 is 2.47 bits per heavy atom. The van der Waals surface area contributed by atoms with Gasteiger partial charge in [-0.15, -0.1) is 0 Å². The first-order chi connectivity index (χ1) is 8.19. The molecule has 4 heteroatoms. The van der Waals surface area contributed by atoms with Gasteiger partial charge in [0.2, 0.25) is 0 Å². The maximum Gasteiger partial charge on any atom is 0.180 e. The van der Waals surface area contributed by atoms with Crippen LogP contribution >= 0.6 is 0 Å². The van der Waals surface area contributed by atoms with E-state index < -0.39 is 0 Å². The smallest absolute Gasteiger partial charge is 0.180 e. The number of ketones is 1. The van der Waals surface area contributed by atoms with E-state index in [9.17, 15) is 4.79 Å². The van der Waals surface area contributed by atoms with E-state index in [1.807, 2.05) is 13.0 Å². The van der Waals surface area contributed by atoms with Crippen molar-refractivity contribution in [2.45, 2.75) is 13.3 Å². The van der Waals surface area contributed by atoms with E-state index in [0.29, 0.717) is 17.9 Å². The third kappa shape index (κ3) is 2.77.